The normalized spacial score (nSPS) is 14.8. The molecule has 0 saturated carbocycles. The zero-order chi connectivity index (χ0) is 18.7. The van der Waals surface area contributed by atoms with E-state index in [-0.39, 0.29) is 24.6 Å². The topological polar surface area (TPSA) is 76.1 Å². The van der Waals surface area contributed by atoms with Crippen LogP contribution in [-0.2, 0) is 9.59 Å². The molecule has 0 aliphatic carbocycles. The SMILES string of the molecule is COc1ccc(/C=C2/Oc3ccc(C)cc3N(CCC(=O)O)C2=O)cc1. The lowest BCUT2D eigenvalue weighted by molar-refractivity contribution is -0.136. The van der Waals surface area contributed by atoms with E-state index in [9.17, 15) is 9.59 Å². The molecule has 134 valence electrons. The second kappa shape index (κ2) is 7.31. The lowest BCUT2D eigenvalue weighted by Gasteiger charge is -2.30. The third-order valence-corrected chi connectivity index (χ3v) is 4.04. The molecule has 0 radical (unpaired) electrons. The Labute approximate surface area is 151 Å². The maximum atomic E-state index is 12.9. The molecule has 0 saturated heterocycles. The molecule has 0 spiro atoms. The van der Waals surface area contributed by atoms with Crippen LogP contribution in [0.3, 0.4) is 0 Å². The van der Waals surface area contributed by atoms with Crippen LogP contribution in [0.2, 0.25) is 0 Å². The first kappa shape index (κ1) is 17.5. The minimum atomic E-state index is -0.959. The zero-order valence-electron chi connectivity index (χ0n) is 14.6. The molecule has 0 atom stereocenters. The molecule has 6 heteroatoms. The molecule has 2 aromatic carbocycles. The summed E-state index contributed by atoms with van der Waals surface area (Å²) in [6.45, 7) is 1.98. The van der Waals surface area contributed by atoms with Crippen molar-refractivity contribution in [3.63, 3.8) is 0 Å². The summed E-state index contributed by atoms with van der Waals surface area (Å²) in [5, 5.41) is 8.99. The summed E-state index contributed by atoms with van der Waals surface area (Å²) < 4.78 is 10.9. The van der Waals surface area contributed by atoms with Crippen LogP contribution in [0.25, 0.3) is 6.08 Å². The van der Waals surface area contributed by atoms with Gasteiger partial charge in [0, 0.05) is 6.54 Å². The molecule has 1 aliphatic rings. The summed E-state index contributed by atoms with van der Waals surface area (Å²) in [4.78, 5) is 25.3. The maximum absolute atomic E-state index is 12.9. The van der Waals surface area contributed by atoms with Crippen molar-refractivity contribution in [1.29, 1.82) is 0 Å². The van der Waals surface area contributed by atoms with Gasteiger partial charge in [-0.15, -0.1) is 0 Å². The number of carbonyl (C=O) groups is 2. The summed E-state index contributed by atoms with van der Waals surface area (Å²) in [5.74, 6) is 0.0727. The van der Waals surface area contributed by atoms with E-state index in [2.05, 4.69) is 0 Å². The van der Waals surface area contributed by atoms with Gasteiger partial charge in [0.15, 0.2) is 11.5 Å². The van der Waals surface area contributed by atoms with Crippen molar-refractivity contribution >= 4 is 23.6 Å². The molecule has 0 aromatic heterocycles. The highest BCUT2D eigenvalue weighted by molar-refractivity contribution is 6.10. The number of benzene rings is 2. The number of carbonyl (C=O) groups excluding carboxylic acids is 1. The van der Waals surface area contributed by atoms with Gasteiger partial charge in [-0.25, -0.2) is 0 Å². The van der Waals surface area contributed by atoms with Crippen LogP contribution in [0, 0.1) is 6.92 Å². The standard InChI is InChI=1S/C20H19NO5/c1-13-3-8-17-16(11-13)21(10-9-19(22)23)20(24)18(26-17)12-14-4-6-15(25-2)7-5-14/h3-8,11-12H,9-10H2,1-2H3,(H,22,23)/b18-12+. The minimum Gasteiger partial charge on any atom is -0.497 e. The highest BCUT2D eigenvalue weighted by Gasteiger charge is 2.30. The lowest BCUT2D eigenvalue weighted by Crippen LogP contribution is -2.38. The number of aryl methyl sites for hydroxylation is 1. The number of ether oxygens (including phenoxy) is 2. The Kier molecular flexibility index (Phi) is 4.93. The Hall–Kier alpha value is -3.28. The summed E-state index contributed by atoms with van der Waals surface area (Å²) in [6, 6.07) is 12.7. The molecule has 3 rings (SSSR count). The van der Waals surface area contributed by atoms with Gasteiger partial charge in [0.2, 0.25) is 0 Å². The smallest absolute Gasteiger partial charge is 0.305 e. The van der Waals surface area contributed by atoms with Gasteiger partial charge < -0.3 is 19.5 Å². The fourth-order valence-electron chi connectivity index (χ4n) is 2.70. The van der Waals surface area contributed by atoms with Crippen molar-refractivity contribution in [2.45, 2.75) is 13.3 Å². The number of aliphatic carboxylic acids is 1. The number of rotatable bonds is 5. The van der Waals surface area contributed by atoms with Crippen LogP contribution in [0.4, 0.5) is 5.69 Å². The molecule has 1 aliphatic heterocycles. The second-order valence-corrected chi connectivity index (χ2v) is 5.96. The Morgan fingerprint density at radius 3 is 2.62 bits per heavy atom. The van der Waals surface area contributed by atoms with Gasteiger partial charge in [0.1, 0.15) is 5.75 Å². The Balaban J connectivity index is 1.97. The van der Waals surface area contributed by atoms with Gasteiger partial charge in [-0.3, -0.25) is 9.59 Å². The highest BCUT2D eigenvalue weighted by Crippen LogP contribution is 2.36. The van der Waals surface area contributed by atoms with E-state index in [1.807, 2.05) is 31.2 Å². The Bertz CT molecular complexity index is 870. The third kappa shape index (κ3) is 3.69. The molecular formula is C20H19NO5. The first-order chi connectivity index (χ1) is 12.5. The van der Waals surface area contributed by atoms with Crippen LogP contribution in [0.1, 0.15) is 17.5 Å². The fourth-order valence-corrected chi connectivity index (χ4v) is 2.70. The van der Waals surface area contributed by atoms with Crippen LogP contribution >= 0.6 is 0 Å². The molecule has 1 heterocycles. The molecule has 1 N–H and O–H groups in total. The van der Waals surface area contributed by atoms with Crippen LogP contribution < -0.4 is 14.4 Å². The molecule has 6 nitrogen and oxygen atoms in total. The number of carboxylic acids is 1. The fraction of sp³-hybridized carbons (Fsp3) is 0.200. The van der Waals surface area contributed by atoms with E-state index in [0.717, 1.165) is 11.1 Å². The van der Waals surface area contributed by atoms with E-state index in [4.69, 9.17) is 14.6 Å². The van der Waals surface area contributed by atoms with Crippen molar-refractivity contribution in [3.8, 4) is 11.5 Å². The summed E-state index contributed by atoms with van der Waals surface area (Å²) in [5.41, 5.74) is 2.33. The number of methoxy groups -OCH3 is 1. The molecule has 0 bridgehead atoms. The van der Waals surface area contributed by atoms with Gasteiger partial charge in [-0.1, -0.05) is 18.2 Å². The number of fused-ring (bicyclic) bond motifs is 1. The van der Waals surface area contributed by atoms with E-state index in [1.165, 1.54) is 4.90 Å². The van der Waals surface area contributed by atoms with Crippen LogP contribution in [0.15, 0.2) is 48.2 Å². The molecule has 0 fully saturated rings. The van der Waals surface area contributed by atoms with Crippen molar-refractivity contribution in [2.75, 3.05) is 18.6 Å². The first-order valence-corrected chi connectivity index (χ1v) is 8.16. The first-order valence-electron chi connectivity index (χ1n) is 8.16. The van der Waals surface area contributed by atoms with Gasteiger partial charge >= 0.3 is 5.97 Å². The van der Waals surface area contributed by atoms with Gasteiger partial charge in [0.25, 0.3) is 5.91 Å². The second-order valence-electron chi connectivity index (χ2n) is 5.96. The Morgan fingerprint density at radius 2 is 1.96 bits per heavy atom. The predicted octanol–water partition coefficient (Wildman–Crippen LogP) is 3.24. The molecule has 2 aromatic rings. The largest absolute Gasteiger partial charge is 0.497 e. The lowest BCUT2D eigenvalue weighted by atomic mass is 10.1. The maximum Gasteiger partial charge on any atom is 0.305 e. The number of hydrogen-bond acceptors (Lipinski definition) is 4. The van der Waals surface area contributed by atoms with Crippen LogP contribution in [0.5, 0.6) is 11.5 Å². The predicted molar refractivity (Wildman–Crippen MR) is 97.4 cm³/mol. The molecule has 0 unspecified atom stereocenters. The summed E-state index contributed by atoms with van der Waals surface area (Å²) >= 11 is 0. The number of carboxylic acid groups (broad SMARTS) is 1. The number of nitrogens with zero attached hydrogens (tertiary/aromatic N) is 1. The molecule has 1 amide bonds. The average Bonchev–Trinajstić information content (AvgIpc) is 2.62. The van der Waals surface area contributed by atoms with E-state index in [1.54, 1.807) is 31.4 Å². The highest BCUT2D eigenvalue weighted by atomic mass is 16.5. The van der Waals surface area contributed by atoms with Crippen molar-refractivity contribution in [2.24, 2.45) is 0 Å². The quantitative estimate of drug-likeness (QED) is 0.835. The van der Waals surface area contributed by atoms with Crippen molar-refractivity contribution < 1.29 is 24.2 Å². The van der Waals surface area contributed by atoms with Gasteiger partial charge in [-0.05, 0) is 48.4 Å². The Morgan fingerprint density at radius 1 is 1.23 bits per heavy atom. The van der Waals surface area contributed by atoms with Gasteiger partial charge in [0.05, 0.1) is 19.2 Å². The molecular weight excluding hydrogens is 334 g/mol. The number of hydrogen-bond donors (Lipinski definition) is 1. The van der Waals surface area contributed by atoms with Crippen molar-refractivity contribution in [3.05, 3.63) is 59.4 Å². The summed E-state index contributed by atoms with van der Waals surface area (Å²) in [7, 11) is 1.58. The monoisotopic (exact) mass is 353 g/mol. The average molecular weight is 353 g/mol. The van der Waals surface area contributed by atoms with Gasteiger partial charge in [-0.2, -0.15) is 0 Å². The van der Waals surface area contributed by atoms with E-state index >= 15 is 0 Å². The van der Waals surface area contributed by atoms with E-state index in [0.29, 0.717) is 17.2 Å². The number of anilines is 1. The number of amides is 1. The zero-order valence-corrected chi connectivity index (χ0v) is 14.6. The third-order valence-electron chi connectivity index (χ3n) is 4.04. The van der Waals surface area contributed by atoms with Crippen LogP contribution in [-0.4, -0.2) is 30.6 Å². The summed E-state index contributed by atoms with van der Waals surface area (Å²) in [6.07, 6.45) is 1.49. The molecule has 26 heavy (non-hydrogen) atoms. The van der Waals surface area contributed by atoms with Crippen molar-refractivity contribution in [1.82, 2.24) is 0 Å². The van der Waals surface area contributed by atoms with E-state index < -0.39 is 5.97 Å². The minimum absolute atomic E-state index is 0.0773.